The molecule has 0 bridgehead atoms. The fraction of sp³-hybridized carbons (Fsp3) is 0.294. The van der Waals surface area contributed by atoms with E-state index in [1.165, 1.54) is 4.90 Å². The molecule has 6 nitrogen and oxygen atoms in total. The van der Waals surface area contributed by atoms with Crippen molar-refractivity contribution >= 4 is 29.0 Å². The number of aliphatic hydroxyl groups is 1. The molecule has 1 aromatic heterocycles. The normalized spacial score (nSPS) is 20.0. The van der Waals surface area contributed by atoms with Gasteiger partial charge < -0.3 is 20.6 Å². The van der Waals surface area contributed by atoms with Crippen molar-refractivity contribution in [1.82, 2.24) is 10.2 Å². The highest BCUT2D eigenvalue weighted by Gasteiger charge is 2.38. The molecule has 2 aromatic rings. The molecule has 0 unspecified atom stereocenters. The van der Waals surface area contributed by atoms with Gasteiger partial charge in [-0.3, -0.25) is 4.79 Å². The highest BCUT2D eigenvalue weighted by atomic mass is 32.1. The van der Waals surface area contributed by atoms with Crippen LogP contribution in [0, 0.1) is 0 Å². The molecule has 3 amide bonds. The van der Waals surface area contributed by atoms with Gasteiger partial charge in [-0.25, -0.2) is 4.79 Å². The van der Waals surface area contributed by atoms with Crippen LogP contribution in [0.1, 0.15) is 11.3 Å². The van der Waals surface area contributed by atoms with Crippen LogP contribution in [0.2, 0.25) is 0 Å². The maximum Gasteiger partial charge on any atom is 0.322 e. The summed E-state index contributed by atoms with van der Waals surface area (Å²) < 4.78 is 0. The van der Waals surface area contributed by atoms with Crippen LogP contribution in [0.15, 0.2) is 47.8 Å². The molecular weight excluding hydrogens is 326 g/mol. The lowest BCUT2D eigenvalue weighted by Crippen LogP contribution is -2.47. The van der Waals surface area contributed by atoms with Crippen LogP contribution >= 0.6 is 11.3 Å². The first kappa shape index (κ1) is 16.5. The number of carbonyl (C=O) groups is 2. The maximum absolute atomic E-state index is 12.4. The number of anilines is 1. The molecule has 24 heavy (non-hydrogen) atoms. The van der Waals surface area contributed by atoms with Gasteiger partial charge in [0.25, 0.3) is 0 Å². The van der Waals surface area contributed by atoms with Crippen LogP contribution < -0.4 is 10.6 Å². The molecule has 7 heteroatoms. The number of benzene rings is 1. The summed E-state index contributed by atoms with van der Waals surface area (Å²) in [5.41, 5.74) is 0.654. The van der Waals surface area contributed by atoms with E-state index in [4.69, 9.17) is 0 Å². The molecule has 0 spiro atoms. The molecule has 3 N–H and O–H groups in total. The van der Waals surface area contributed by atoms with Crippen molar-refractivity contribution in [1.29, 1.82) is 0 Å². The molecule has 2 atom stereocenters. The first-order chi connectivity index (χ1) is 11.6. The summed E-state index contributed by atoms with van der Waals surface area (Å²) in [7, 11) is 0. The smallest absolute Gasteiger partial charge is 0.322 e. The van der Waals surface area contributed by atoms with E-state index in [1.54, 1.807) is 23.5 Å². The van der Waals surface area contributed by atoms with Crippen molar-refractivity contribution < 1.29 is 14.7 Å². The Labute approximate surface area is 144 Å². The molecule has 0 saturated carbocycles. The van der Waals surface area contributed by atoms with Crippen LogP contribution in [0.5, 0.6) is 0 Å². The van der Waals surface area contributed by atoms with Crippen LogP contribution in [-0.2, 0) is 11.3 Å². The van der Waals surface area contributed by atoms with E-state index in [0.29, 0.717) is 12.2 Å². The molecule has 1 fully saturated rings. The number of likely N-dealkylation sites (tertiary alicyclic amines) is 1. The van der Waals surface area contributed by atoms with Crippen LogP contribution in [-0.4, -0.2) is 40.6 Å². The molecule has 1 aliphatic rings. The average molecular weight is 345 g/mol. The number of aliphatic hydroxyl groups excluding tert-OH is 1. The zero-order valence-electron chi connectivity index (χ0n) is 13.0. The number of nitrogens with one attached hydrogen (secondary N) is 2. The van der Waals surface area contributed by atoms with E-state index in [-0.39, 0.29) is 24.9 Å². The van der Waals surface area contributed by atoms with Gasteiger partial charge in [-0.05, 0) is 23.6 Å². The number of para-hydroxylation sites is 1. The molecule has 0 radical (unpaired) electrons. The zero-order chi connectivity index (χ0) is 16.9. The van der Waals surface area contributed by atoms with Gasteiger partial charge in [0, 0.05) is 23.5 Å². The first-order valence-corrected chi connectivity index (χ1v) is 8.62. The number of hydrogen-bond donors (Lipinski definition) is 3. The number of nitrogens with zero attached hydrogens (tertiary/aromatic N) is 1. The fourth-order valence-electron chi connectivity index (χ4n) is 2.71. The minimum Gasteiger partial charge on any atom is -0.391 e. The first-order valence-electron chi connectivity index (χ1n) is 7.74. The Balaban J connectivity index is 1.62. The monoisotopic (exact) mass is 345 g/mol. The highest BCUT2D eigenvalue weighted by molar-refractivity contribution is 7.09. The maximum atomic E-state index is 12.4. The minimum atomic E-state index is -0.691. The lowest BCUT2D eigenvalue weighted by atomic mass is 10.2. The molecular formula is C17H19N3O3S. The SMILES string of the molecule is O=C(NCc1cccs1)[C@@H]1C[C@H](O)CN1C(=O)Nc1ccccc1. The van der Waals surface area contributed by atoms with Gasteiger partial charge in [-0.1, -0.05) is 24.3 Å². The molecule has 1 saturated heterocycles. The van der Waals surface area contributed by atoms with Gasteiger partial charge in [-0.15, -0.1) is 11.3 Å². The largest absolute Gasteiger partial charge is 0.391 e. The van der Waals surface area contributed by atoms with Gasteiger partial charge in [0.15, 0.2) is 0 Å². The molecule has 2 heterocycles. The van der Waals surface area contributed by atoms with Gasteiger partial charge >= 0.3 is 6.03 Å². The molecule has 126 valence electrons. The van der Waals surface area contributed by atoms with Crippen LogP contribution in [0.3, 0.4) is 0 Å². The van der Waals surface area contributed by atoms with Crippen LogP contribution in [0.25, 0.3) is 0 Å². The third-order valence-electron chi connectivity index (χ3n) is 3.88. The lowest BCUT2D eigenvalue weighted by Gasteiger charge is -2.24. The summed E-state index contributed by atoms with van der Waals surface area (Å²) in [6.07, 6.45) is -0.442. The van der Waals surface area contributed by atoms with Crippen molar-refractivity contribution in [3.63, 3.8) is 0 Å². The van der Waals surface area contributed by atoms with E-state index in [0.717, 1.165) is 4.88 Å². The van der Waals surface area contributed by atoms with Crippen molar-refractivity contribution in [2.75, 3.05) is 11.9 Å². The topological polar surface area (TPSA) is 81.7 Å². The summed E-state index contributed by atoms with van der Waals surface area (Å²) in [5.74, 6) is -0.247. The van der Waals surface area contributed by atoms with E-state index in [9.17, 15) is 14.7 Å². The second kappa shape index (κ2) is 7.46. The number of β-amino-alcohol motifs (C(OH)–C–C–N with tert-alkyl or cyclic N) is 1. The molecule has 1 aromatic carbocycles. The van der Waals surface area contributed by atoms with E-state index < -0.39 is 12.1 Å². The number of carbonyl (C=O) groups excluding carboxylic acids is 2. The summed E-state index contributed by atoms with van der Waals surface area (Å²) >= 11 is 1.56. The Kier molecular flexibility index (Phi) is 5.12. The van der Waals surface area contributed by atoms with E-state index >= 15 is 0 Å². The molecule has 0 aliphatic carbocycles. The Morgan fingerprint density at radius 2 is 2.00 bits per heavy atom. The van der Waals surface area contributed by atoms with Crippen molar-refractivity contribution in [2.45, 2.75) is 25.1 Å². The predicted molar refractivity (Wildman–Crippen MR) is 92.7 cm³/mol. The van der Waals surface area contributed by atoms with Crippen molar-refractivity contribution in [3.05, 3.63) is 52.7 Å². The minimum absolute atomic E-state index is 0.149. The molecule has 1 aliphatic heterocycles. The number of amides is 3. The van der Waals surface area contributed by atoms with Crippen molar-refractivity contribution in [2.24, 2.45) is 0 Å². The summed E-state index contributed by atoms with van der Waals surface area (Å²) in [4.78, 5) is 27.3. The summed E-state index contributed by atoms with van der Waals surface area (Å²) in [6, 6.07) is 11.9. The van der Waals surface area contributed by atoms with E-state index in [1.807, 2.05) is 35.7 Å². The standard InChI is InChI=1S/C17H19N3O3S/c21-13-9-15(16(22)18-10-14-7-4-8-24-14)20(11-13)17(23)19-12-5-2-1-3-6-12/h1-8,13,15,21H,9-11H2,(H,18,22)(H,19,23)/t13-,15-/m0/s1. The molecule has 3 rings (SSSR count). The van der Waals surface area contributed by atoms with E-state index in [2.05, 4.69) is 10.6 Å². The number of hydrogen-bond acceptors (Lipinski definition) is 4. The summed E-state index contributed by atoms with van der Waals surface area (Å²) in [5, 5.41) is 17.4. The van der Waals surface area contributed by atoms with Gasteiger partial charge in [0.1, 0.15) is 6.04 Å². The van der Waals surface area contributed by atoms with Gasteiger partial charge in [0.2, 0.25) is 5.91 Å². The Morgan fingerprint density at radius 1 is 1.21 bits per heavy atom. The second-order valence-electron chi connectivity index (χ2n) is 5.65. The number of rotatable bonds is 4. The average Bonchev–Trinajstić information content (AvgIpc) is 3.23. The predicted octanol–water partition coefficient (Wildman–Crippen LogP) is 2.03. The second-order valence-corrected chi connectivity index (χ2v) is 6.68. The Bertz CT molecular complexity index is 690. The fourth-order valence-corrected chi connectivity index (χ4v) is 3.35. The quantitative estimate of drug-likeness (QED) is 0.793. The number of urea groups is 1. The Morgan fingerprint density at radius 3 is 2.71 bits per heavy atom. The zero-order valence-corrected chi connectivity index (χ0v) is 13.8. The van der Waals surface area contributed by atoms with Gasteiger partial charge in [-0.2, -0.15) is 0 Å². The van der Waals surface area contributed by atoms with Gasteiger partial charge in [0.05, 0.1) is 12.6 Å². The Hall–Kier alpha value is -2.38. The third kappa shape index (κ3) is 3.93. The highest BCUT2D eigenvalue weighted by Crippen LogP contribution is 2.20. The lowest BCUT2D eigenvalue weighted by molar-refractivity contribution is -0.124. The number of thiophene rings is 1. The van der Waals surface area contributed by atoms with Crippen molar-refractivity contribution in [3.8, 4) is 0 Å². The third-order valence-corrected chi connectivity index (χ3v) is 4.76. The summed E-state index contributed by atoms with van der Waals surface area (Å²) in [6.45, 7) is 0.576. The van der Waals surface area contributed by atoms with Crippen LogP contribution in [0.4, 0.5) is 10.5 Å².